The van der Waals surface area contributed by atoms with Crippen LogP contribution >= 0.6 is 0 Å². The zero-order valence-corrected chi connectivity index (χ0v) is 9.49. The van der Waals surface area contributed by atoms with Crippen LogP contribution in [0.3, 0.4) is 0 Å². The van der Waals surface area contributed by atoms with Gasteiger partial charge in [0.2, 0.25) is 0 Å². The third kappa shape index (κ3) is 1.36. The standard InChI is InChI=1S/C14H16O2/c1-9-2-3-10-4-5-14(7-11(10)6-9)8-12(14)13(15)16/h2-3,6,12H,4-5,7-8H2,1H3,(H,15,16). The van der Waals surface area contributed by atoms with Gasteiger partial charge in [-0.15, -0.1) is 0 Å². The number of benzene rings is 1. The Hall–Kier alpha value is -1.31. The quantitative estimate of drug-likeness (QED) is 0.783. The van der Waals surface area contributed by atoms with Gasteiger partial charge < -0.3 is 5.11 Å². The molecule has 2 aliphatic rings. The van der Waals surface area contributed by atoms with Crippen LogP contribution in [0.25, 0.3) is 0 Å². The summed E-state index contributed by atoms with van der Waals surface area (Å²) >= 11 is 0. The molecule has 84 valence electrons. The summed E-state index contributed by atoms with van der Waals surface area (Å²) < 4.78 is 0. The third-order valence-electron chi connectivity index (χ3n) is 4.28. The molecule has 2 heteroatoms. The van der Waals surface area contributed by atoms with E-state index in [9.17, 15) is 4.79 Å². The summed E-state index contributed by atoms with van der Waals surface area (Å²) in [5, 5.41) is 9.07. The van der Waals surface area contributed by atoms with E-state index in [0.29, 0.717) is 0 Å². The Balaban J connectivity index is 1.90. The van der Waals surface area contributed by atoms with Crippen molar-refractivity contribution in [3.8, 4) is 0 Å². The van der Waals surface area contributed by atoms with Gasteiger partial charge in [0.1, 0.15) is 0 Å². The van der Waals surface area contributed by atoms with Crippen LogP contribution in [0.4, 0.5) is 0 Å². The van der Waals surface area contributed by atoms with Crippen LogP contribution in [-0.4, -0.2) is 11.1 Å². The van der Waals surface area contributed by atoms with Crippen molar-refractivity contribution in [1.82, 2.24) is 0 Å². The van der Waals surface area contributed by atoms with Crippen molar-refractivity contribution in [2.24, 2.45) is 11.3 Å². The van der Waals surface area contributed by atoms with E-state index in [1.165, 1.54) is 16.7 Å². The average Bonchev–Trinajstić information content (AvgIpc) is 2.92. The Morgan fingerprint density at radius 1 is 1.44 bits per heavy atom. The molecule has 0 heterocycles. The van der Waals surface area contributed by atoms with E-state index in [4.69, 9.17) is 5.11 Å². The van der Waals surface area contributed by atoms with Gasteiger partial charge in [-0.2, -0.15) is 0 Å². The van der Waals surface area contributed by atoms with Crippen LogP contribution in [0.2, 0.25) is 0 Å². The van der Waals surface area contributed by atoms with E-state index in [2.05, 4.69) is 25.1 Å². The first kappa shape index (κ1) is 9.88. The van der Waals surface area contributed by atoms with Gasteiger partial charge in [-0.25, -0.2) is 0 Å². The normalized spacial score (nSPS) is 31.2. The molecule has 2 nitrogen and oxygen atoms in total. The van der Waals surface area contributed by atoms with Crippen molar-refractivity contribution in [3.63, 3.8) is 0 Å². The molecule has 1 spiro atoms. The number of aryl methyl sites for hydroxylation is 2. The maximum atomic E-state index is 11.0. The summed E-state index contributed by atoms with van der Waals surface area (Å²) in [7, 11) is 0. The van der Waals surface area contributed by atoms with Gasteiger partial charge in [0.05, 0.1) is 5.92 Å². The van der Waals surface area contributed by atoms with Crippen molar-refractivity contribution in [3.05, 3.63) is 34.9 Å². The van der Waals surface area contributed by atoms with Gasteiger partial charge in [0.15, 0.2) is 0 Å². The second-order valence-electron chi connectivity index (χ2n) is 5.41. The molecule has 2 aliphatic carbocycles. The predicted octanol–water partition coefficient (Wildman–Crippen LogP) is 2.57. The lowest BCUT2D eigenvalue weighted by Gasteiger charge is -2.25. The number of rotatable bonds is 1. The van der Waals surface area contributed by atoms with E-state index < -0.39 is 5.97 Å². The Bertz CT molecular complexity index is 464. The van der Waals surface area contributed by atoms with Crippen LogP contribution < -0.4 is 0 Å². The zero-order valence-electron chi connectivity index (χ0n) is 9.49. The lowest BCUT2D eigenvalue weighted by atomic mass is 9.79. The molecule has 1 aromatic carbocycles. The molecule has 16 heavy (non-hydrogen) atoms. The van der Waals surface area contributed by atoms with Gasteiger partial charge in [-0.3, -0.25) is 4.79 Å². The van der Waals surface area contributed by atoms with Crippen molar-refractivity contribution in [2.45, 2.75) is 32.6 Å². The molecule has 1 N–H and O–H groups in total. The molecule has 0 aliphatic heterocycles. The second-order valence-corrected chi connectivity index (χ2v) is 5.41. The Morgan fingerprint density at radius 2 is 2.25 bits per heavy atom. The summed E-state index contributed by atoms with van der Waals surface area (Å²) in [6, 6.07) is 6.58. The first-order valence-electron chi connectivity index (χ1n) is 5.92. The van der Waals surface area contributed by atoms with Crippen LogP contribution in [0.5, 0.6) is 0 Å². The summed E-state index contributed by atoms with van der Waals surface area (Å²) in [6.45, 7) is 2.10. The maximum Gasteiger partial charge on any atom is 0.307 e. The Kier molecular flexibility index (Phi) is 1.91. The Labute approximate surface area is 95.3 Å². The first-order chi connectivity index (χ1) is 7.61. The molecular formula is C14H16O2. The largest absolute Gasteiger partial charge is 0.481 e. The molecular weight excluding hydrogens is 200 g/mol. The topological polar surface area (TPSA) is 37.3 Å². The smallest absolute Gasteiger partial charge is 0.307 e. The van der Waals surface area contributed by atoms with Crippen molar-refractivity contribution < 1.29 is 9.90 Å². The highest BCUT2D eigenvalue weighted by Gasteiger charge is 2.58. The molecule has 0 amide bonds. The van der Waals surface area contributed by atoms with Crippen LogP contribution in [-0.2, 0) is 17.6 Å². The Morgan fingerprint density at radius 3 is 2.94 bits per heavy atom. The van der Waals surface area contributed by atoms with E-state index in [0.717, 1.165) is 25.7 Å². The van der Waals surface area contributed by atoms with Gasteiger partial charge in [0, 0.05) is 0 Å². The molecule has 0 aromatic heterocycles. The minimum atomic E-state index is -0.601. The number of hydrogen-bond donors (Lipinski definition) is 1. The van der Waals surface area contributed by atoms with Crippen molar-refractivity contribution in [2.75, 3.05) is 0 Å². The van der Waals surface area contributed by atoms with Crippen molar-refractivity contribution >= 4 is 5.97 Å². The average molecular weight is 216 g/mol. The fourth-order valence-electron chi connectivity index (χ4n) is 3.18. The SMILES string of the molecule is Cc1ccc2c(c1)CC1(CC2)CC1C(=O)O. The molecule has 0 radical (unpaired) electrons. The van der Waals surface area contributed by atoms with Crippen LogP contribution in [0, 0.1) is 18.3 Å². The molecule has 0 saturated heterocycles. The minimum absolute atomic E-state index is 0.0823. The fraction of sp³-hybridized carbons (Fsp3) is 0.500. The van der Waals surface area contributed by atoms with E-state index in [1.54, 1.807) is 0 Å². The third-order valence-corrected chi connectivity index (χ3v) is 4.28. The van der Waals surface area contributed by atoms with Gasteiger partial charge in [-0.1, -0.05) is 23.8 Å². The van der Waals surface area contributed by atoms with Gasteiger partial charge in [0.25, 0.3) is 0 Å². The summed E-state index contributed by atoms with van der Waals surface area (Å²) in [5.41, 5.74) is 4.19. The minimum Gasteiger partial charge on any atom is -0.481 e. The van der Waals surface area contributed by atoms with Crippen LogP contribution in [0.1, 0.15) is 29.5 Å². The highest BCUT2D eigenvalue weighted by Crippen LogP contribution is 2.60. The predicted molar refractivity (Wildman–Crippen MR) is 61.4 cm³/mol. The lowest BCUT2D eigenvalue weighted by Crippen LogP contribution is -2.20. The summed E-state index contributed by atoms with van der Waals surface area (Å²) in [4.78, 5) is 11.0. The van der Waals surface area contributed by atoms with E-state index in [-0.39, 0.29) is 11.3 Å². The van der Waals surface area contributed by atoms with Gasteiger partial charge >= 0.3 is 5.97 Å². The first-order valence-corrected chi connectivity index (χ1v) is 5.92. The molecule has 2 unspecified atom stereocenters. The number of fused-ring (bicyclic) bond motifs is 1. The molecule has 1 saturated carbocycles. The van der Waals surface area contributed by atoms with Crippen LogP contribution in [0.15, 0.2) is 18.2 Å². The second kappa shape index (κ2) is 3.09. The molecule has 3 rings (SSSR count). The molecule has 1 aromatic rings. The van der Waals surface area contributed by atoms with Gasteiger partial charge in [-0.05, 0) is 49.1 Å². The van der Waals surface area contributed by atoms with Crippen molar-refractivity contribution in [1.29, 1.82) is 0 Å². The number of hydrogen-bond acceptors (Lipinski definition) is 1. The van der Waals surface area contributed by atoms with E-state index in [1.807, 2.05) is 0 Å². The number of carboxylic acid groups (broad SMARTS) is 1. The highest BCUT2D eigenvalue weighted by molar-refractivity contribution is 5.75. The van der Waals surface area contributed by atoms with E-state index >= 15 is 0 Å². The number of carboxylic acids is 1. The highest BCUT2D eigenvalue weighted by atomic mass is 16.4. The number of aliphatic carboxylic acids is 1. The summed E-state index contributed by atoms with van der Waals surface area (Å²) in [5.74, 6) is -0.683. The molecule has 1 fully saturated rings. The number of carbonyl (C=O) groups is 1. The lowest BCUT2D eigenvalue weighted by molar-refractivity contribution is -0.139. The molecule has 2 atom stereocenters. The summed E-state index contributed by atoms with van der Waals surface area (Å²) in [6.07, 6.45) is 3.97. The zero-order chi connectivity index (χ0) is 11.3. The monoisotopic (exact) mass is 216 g/mol. The fourth-order valence-corrected chi connectivity index (χ4v) is 3.18. The maximum absolute atomic E-state index is 11.0. The molecule has 0 bridgehead atoms.